The Bertz CT molecular complexity index is 1020. The van der Waals surface area contributed by atoms with Crippen molar-refractivity contribution in [3.05, 3.63) is 58.6 Å². The van der Waals surface area contributed by atoms with Gasteiger partial charge in [0.15, 0.2) is 5.65 Å². The van der Waals surface area contributed by atoms with Gasteiger partial charge >= 0.3 is 0 Å². The minimum absolute atomic E-state index is 0.0189. The lowest BCUT2D eigenvalue weighted by atomic mass is 10.1. The van der Waals surface area contributed by atoms with E-state index < -0.39 is 23.0 Å². The minimum atomic E-state index is -1.06. The van der Waals surface area contributed by atoms with Crippen molar-refractivity contribution in [1.29, 1.82) is 0 Å². The topological polar surface area (TPSA) is 33.4 Å². The van der Waals surface area contributed by atoms with E-state index in [-0.39, 0.29) is 10.7 Å². The zero-order valence-electron chi connectivity index (χ0n) is 15.2. The summed E-state index contributed by atoms with van der Waals surface area (Å²) < 4.78 is 44.0. The number of aromatic nitrogens is 3. The molecule has 0 atom stereocenters. The summed E-state index contributed by atoms with van der Waals surface area (Å²) in [6.45, 7) is 10.4. The van der Waals surface area contributed by atoms with Crippen LogP contribution in [0.4, 0.5) is 19.0 Å². The van der Waals surface area contributed by atoms with Gasteiger partial charge in [0.25, 0.3) is 0 Å². The third kappa shape index (κ3) is 3.39. The summed E-state index contributed by atoms with van der Waals surface area (Å²) in [5.41, 5.74) is 1.65. The number of fused-ring (bicyclic) bond motifs is 1. The Labute approximate surface area is 159 Å². The van der Waals surface area contributed by atoms with E-state index in [2.05, 4.69) is 16.7 Å². The zero-order chi connectivity index (χ0) is 19.9. The average molecular weight is 395 g/mol. The van der Waals surface area contributed by atoms with Gasteiger partial charge < -0.3 is 4.90 Å². The van der Waals surface area contributed by atoms with Crippen LogP contribution in [0.15, 0.2) is 30.5 Å². The molecular formula is C19H18ClF3N4. The number of hydrogen-bond acceptors (Lipinski definition) is 3. The molecule has 0 saturated heterocycles. The molecule has 0 aliphatic carbocycles. The Kier molecular flexibility index (Phi) is 5.15. The van der Waals surface area contributed by atoms with E-state index in [4.69, 9.17) is 11.6 Å². The third-order valence-electron chi connectivity index (χ3n) is 4.15. The lowest BCUT2D eigenvalue weighted by molar-refractivity contribution is 0.547. The number of likely N-dealkylation sites (N-methyl/N-ethyl adjacent to an activating group) is 1. The molecule has 0 fully saturated rings. The molecule has 2 heterocycles. The molecule has 8 heteroatoms. The molecule has 0 unspecified atom stereocenters. The van der Waals surface area contributed by atoms with Gasteiger partial charge in [-0.1, -0.05) is 23.8 Å². The molecule has 27 heavy (non-hydrogen) atoms. The highest BCUT2D eigenvalue weighted by Gasteiger charge is 2.27. The van der Waals surface area contributed by atoms with E-state index in [1.54, 1.807) is 6.20 Å². The summed E-state index contributed by atoms with van der Waals surface area (Å²) in [4.78, 5) is 6.10. The Morgan fingerprint density at radius 2 is 1.85 bits per heavy atom. The normalized spacial score (nSPS) is 11.2. The van der Waals surface area contributed by atoms with Crippen LogP contribution >= 0.6 is 11.6 Å². The Morgan fingerprint density at radius 1 is 1.22 bits per heavy atom. The summed E-state index contributed by atoms with van der Waals surface area (Å²) in [6, 6.07) is 1.23. The summed E-state index contributed by atoms with van der Waals surface area (Å²) in [6.07, 6.45) is 1.60. The predicted molar refractivity (Wildman–Crippen MR) is 101 cm³/mol. The smallest absolute Gasteiger partial charge is 0.161 e. The van der Waals surface area contributed by atoms with Gasteiger partial charge in [0, 0.05) is 30.8 Å². The highest BCUT2D eigenvalue weighted by molar-refractivity contribution is 6.33. The number of anilines is 1. The van der Waals surface area contributed by atoms with Crippen molar-refractivity contribution < 1.29 is 13.2 Å². The number of hydrogen-bond donors (Lipinski definition) is 0. The molecule has 2 aromatic heterocycles. The molecule has 0 radical (unpaired) electrons. The molecule has 0 bridgehead atoms. The van der Waals surface area contributed by atoms with Crippen LogP contribution in [0.5, 0.6) is 0 Å². The highest BCUT2D eigenvalue weighted by Crippen LogP contribution is 2.40. The van der Waals surface area contributed by atoms with Gasteiger partial charge in [0.1, 0.15) is 28.4 Å². The number of rotatable bonds is 5. The lowest BCUT2D eigenvalue weighted by Crippen LogP contribution is -2.28. The molecule has 3 rings (SSSR count). The molecule has 0 aliphatic heterocycles. The summed E-state index contributed by atoms with van der Waals surface area (Å²) in [5, 5.41) is 4.21. The number of aryl methyl sites for hydroxylation is 1. The van der Waals surface area contributed by atoms with Crippen molar-refractivity contribution in [3.63, 3.8) is 0 Å². The van der Waals surface area contributed by atoms with Gasteiger partial charge in [-0.15, -0.1) is 0 Å². The second kappa shape index (κ2) is 7.23. The van der Waals surface area contributed by atoms with Gasteiger partial charge in [-0.3, -0.25) is 0 Å². The highest BCUT2D eigenvalue weighted by atomic mass is 35.5. The first-order valence-corrected chi connectivity index (χ1v) is 8.70. The van der Waals surface area contributed by atoms with Crippen molar-refractivity contribution in [2.24, 2.45) is 0 Å². The molecule has 0 amide bonds. The van der Waals surface area contributed by atoms with E-state index in [0.29, 0.717) is 36.7 Å². The van der Waals surface area contributed by atoms with Crippen LogP contribution in [0.2, 0.25) is 5.15 Å². The third-order valence-corrected chi connectivity index (χ3v) is 4.43. The summed E-state index contributed by atoms with van der Waals surface area (Å²) >= 11 is 6.36. The molecule has 0 spiro atoms. The van der Waals surface area contributed by atoms with Crippen LogP contribution in [0, 0.1) is 24.4 Å². The zero-order valence-corrected chi connectivity index (χ0v) is 15.9. The van der Waals surface area contributed by atoms with E-state index in [0.717, 1.165) is 11.1 Å². The maximum absolute atomic E-state index is 14.6. The molecule has 1 aromatic carbocycles. The minimum Gasteiger partial charge on any atom is -0.352 e. The molecule has 0 N–H and O–H groups in total. The fourth-order valence-electron chi connectivity index (χ4n) is 3.01. The molecule has 0 aliphatic rings. The standard InChI is InChI=1S/C19H18ClF3N4/c1-5-26(9-10(2)3)19-16(15-13(22)6-12(21)7-14(15)23)17(20)25-18-11(4)8-24-27(18)19/h6-8H,2,5,9H2,1,3-4H3. The first-order valence-electron chi connectivity index (χ1n) is 8.32. The number of nitrogens with zero attached hydrogens (tertiary/aromatic N) is 4. The maximum Gasteiger partial charge on any atom is 0.161 e. The monoisotopic (exact) mass is 394 g/mol. The van der Waals surface area contributed by atoms with Crippen LogP contribution in [0.25, 0.3) is 16.8 Å². The van der Waals surface area contributed by atoms with Crippen molar-refractivity contribution in [1.82, 2.24) is 14.6 Å². The SMILES string of the molecule is C=C(C)CN(CC)c1c(-c2c(F)cc(F)cc2F)c(Cl)nc2c(C)cnn12. The Morgan fingerprint density at radius 3 is 2.41 bits per heavy atom. The quantitative estimate of drug-likeness (QED) is 0.441. The fourth-order valence-corrected chi connectivity index (χ4v) is 3.27. The first-order chi connectivity index (χ1) is 12.7. The lowest BCUT2D eigenvalue weighted by Gasteiger charge is -2.27. The molecule has 142 valence electrons. The van der Waals surface area contributed by atoms with Gasteiger partial charge in [0.05, 0.1) is 17.3 Å². The van der Waals surface area contributed by atoms with Crippen molar-refractivity contribution in [3.8, 4) is 11.1 Å². The van der Waals surface area contributed by atoms with E-state index in [9.17, 15) is 13.2 Å². The van der Waals surface area contributed by atoms with Crippen molar-refractivity contribution in [2.45, 2.75) is 20.8 Å². The maximum atomic E-state index is 14.6. The van der Waals surface area contributed by atoms with Gasteiger partial charge in [-0.05, 0) is 20.8 Å². The predicted octanol–water partition coefficient (Wildman–Crippen LogP) is 5.18. The molecule has 4 nitrogen and oxygen atoms in total. The summed E-state index contributed by atoms with van der Waals surface area (Å²) in [5.74, 6) is -2.77. The molecule has 0 saturated carbocycles. The second-order valence-corrected chi connectivity index (χ2v) is 6.74. The van der Waals surface area contributed by atoms with E-state index >= 15 is 0 Å². The largest absolute Gasteiger partial charge is 0.352 e. The van der Waals surface area contributed by atoms with Gasteiger partial charge in [-0.2, -0.15) is 9.61 Å². The molecule has 3 aromatic rings. The van der Waals surface area contributed by atoms with E-state index in [1.165, 1.54) is 4.52 Å². The van der Waals surface area contributed by atoms with E-state index in [1.807, 2.05) is 25.7 Å². The first kappa shape index (κ1) is 19.2. The average Bonchev–Trinajstić information content (AvgIpc) is 2.93. The number of halogens is 4. The van der Waals surface area contributed by atoms with Crippen LogP contribution in [-0.4, -0.2) is 27.7 Å². The molecular weight excluding hydrogens is 377 g/mol. The number of benzene rings is 1. The van der Waals surface area contributed by atoms with Crippen LogP contribution in [-0.2, 0) is 0 Å². The van der Waals surface area contributed by atoms with Crippen molar-refractivity contribution >= 4 is 23.1 Å². The van der Waals surface area contributed by atoms with Crippen LogP contribution < -0.4 is 4.90 Å². The van der Waals surface area contributed by atoms with Gasteiger partial charge in [-0.25, -0.2) is 18.2 Å². The van der Waals surface area contributed by atoms with Gasteiger partial charge in [0.2, 0.25) is 0 Å². The summed E-state index contributed by atoms with van der Waals surface area (Å²) in [7, 11) is 0. The van der Waals surface area contributed by atoms with Crippen molar-refractivity contribution in [2.75, 3.05) is 18.0 Å². The van der Waals surface area contributed by atoms with Crippen LogP contribution in [0.1, 0.15) is 19.4 Å². The van der Waals surface area contributed by atoms with Crippen LogP contribution in [0.3, 0.4) is 0 Å². The fraction of sp³-hybridized carbons (Fsp3) is 0.263. The second-order valence-electron chi connectivity index (χ2n) is 6.38. The Balaban J connectivity index is 2.44. The Hall–Kier alpha value is -2.54.